The summed E-state index contributed by atoms with van der Waals surface area (Å²) in [5, 5.41) is 0. The molecule has 0 fully saturated rings. The van der Waals surface area contributed by atoms with E-state index in [9.17, 15) is 4.79 Å². The Labute approximate surface area is 98.5 Å². The summed E-state index contributed by atoms with van der Waals surface area (Å²) in [5.74, 6) is 0.746. The summed E-state index contributed by atoms with van der Waals surface area (Å²) in [5.41, 5.74) is 6.54. The molecule has 2 N–H and O–H groups in total. The molecule has 0 aliphatic rings. The predicted molar refractivity (Wildman–Crippen MR) is 64.3 cm³/mol. The Hall–Kier alpha value is -2.14. The third-order valence-corrected chi connectivity index (χ3v) is 2.44. The highest BCUT2D eigenvalue weighted by Gasteiger charge is 2.02. The highest BCUT2D eigenvalue weighted by atomic mass is 16.5. The molecule has 0 amide bonds. The monoisotopic (exact) mass is 231 g/mol. The number of ether oxygens (including phenoxy) is 1. The van der Waals surface area contributed by atoms with Crippen LogP contribution in [-0.4, -0.2) is 16.7 Å². The van der Waals surface area contributed by atoms with E-state index in [4.69, 9.17) is 10.5 Å². The van der Waals surface area contributed by atoms with E-state index in [0.29, 0.717) is 5.56 Å². The minimum atomic E-state index is -0.286. The summed E-state index contributed by atoms with van der Waals surface area (Å²) in [6.45, 7) is 0.177. The van der Waals surface area contributed by atoms with Gasteiger partial charge in [0, 0.05) is 24.4 Å². The predicted octanol–water partition coefficient (Wildman–Crippen LogP) is 0.700. The summed E-state index contributed by atoms with van der Waals surface area (Å²) < 4.78 is 6.88. The number of hydrogen-bond donors (Lipinski definition) is 1. The maximum absolute atomic E-state index is 11.3. The zero-order valence-corrected chi connectivity index (χ0v) is 9.46. The summed E-state index contributed by atoms with van der Waals surface area (Å²) in [4.78, 5) is 15.1. The number of nitrogens with zero attached hydrogens (tertiary/aromatic N) is 2. The molecular formula is C12H13N3O2. The Kier molecular flexibility index (Phi) is 3.20. The van der Waals surface area contributed by atoms with Crippen LogP contribution < -0.4 is 16.0 Å². The number of methoxy groups -OCH3 is 1. The Bertz CT molecular complexity index is 578. The molecule has 0 atom stereocenters. The molecule has 0 bridgehead atoms. The first-order valence-electron chi connectivity index (χ1n) is 5.16. The molecule has 0 saturated heterocycles. The lowest BCUT2D eigenvalue weighted by Gasteiger charge is -2.08. The molecule has 17 heavy (non-hydrogen) atoms. The van der Waals surface area contributed by atoms with E-state index >= 15 is 0 Å². The van der Waals surface area contributed by atoms with Crippen LogP contribution in [0.2, 0.25) is 0 Å². The van der Waals surface area contributed by atoms with Crippen LogP contribution in [0.25, 0.3) is 5.69 Å². The standard InChI is InChI=1S/C12H13N3O2/c1-17-11-4-2-3-10(5-11)15-7-9(6-13)12(16)14-8-15/h2-5,7-8H,6,13H2,1H3. The Morgan fingerprint density at radius 3 is 3.00 bits per heavy atom. The lowest BCUT2D eigenvalue weighted by Crippen LogP contribution is -2.18. The van der Waals surface area contributed by atoms with E-state index in [2.05, 4.69) is 4.98 Å². The van der Waals surface area contributed by atoms with E-state index in [1.807, 2.05) is 24.3 Å². The minimum Gasteiger partial charge on any atom is -0.497 e. The van der Waals surface area contributed by atoms with Crippen LogP contribution in [0.15, 0.2) is 41.6 Å². The van der Waals surface area contributed by atoms with E-state index in [0.717, 1.165) is 11.4 Å². The second-order valence-corrected chi connectivity index (χ2v) is 3.52. The molecule has 0 unspecified atom stereocenters. The van der Waals surface area contributed by atoms with Crippen LogP contribution in [0, 0.1) is 0 Å². The van der Waals surface area contributed by atoms with Gasteiger partial charge in [0.2, 0.25) is 0 Å². The summed E-state index contributed by atoms with van der Waals surface area (Å²) in [6.07, 6.45) is 3.15. The third kappa shape index (κ3) is 2.34. The first-order chi connectivity index (χ1) is 8.24. The molecule has 1 heterocycles. The fourth-order valence-electron chi connectivity index (χ4n) is 1.51. The van der Waals surface area contributed by atoms with Crippen LogP contribution in [-0.2, 0) is 6.54 Å². The molecule has 1 aromatic heterocycles. The van der Waals surface area contributed by atoms with Crippen molar-refractivity contribution in [3.05, 3.63) is 52.7 Å². The van der Waals surface area contributed by atoms with Gasteiger partial charge in [0.25, 0.3) is 5.56 Å². The third-order valence-electron chi connectivity index (χ3n) is 2.44. The molecule has 0 spiro atoms. The maximum atomic E-state index is 11.3. The number of nitrogens with two attached hydrogens (primary N) is 1. The van der Waals surface area contributed by atoms with Gasteiger partial charge in [0.15, 0.2) is 0 Å². The van der Waals surface area contributed by atoms with E-state index < -0.39 is 0 Å². The van der Waals surface area contributed by atoms with Crippen LogP contribution in [0.5, 0.6) is 5.75 Å². The average Bonchev–Trinajstić information content (AvgIpc) is 2.39. The zero-order valence-electron chi connectivity index (χ0n) is 9.46. The maximum Gasteiger partial charge on any atom is 0.277 e. The van der Waals surface area contributed by atoms with Crippen molar-refractivity contribution in [3.8, 4) is 11.4 Å². The van der Waals surface area contributed by atoms with Crippen LogP contribution in [0.3, 0.4) is 0 Å². The molecule has 0 aliphatic heterocycles. The van der Waals surface area contributed by atoms with Gasteiger partial charge in [-0.05, 0) is 12.1 Å². The van der Waals surface area contributed by atoms with Crippen LogP contribution in [0.1, 0.15) is 5.56 Å². The highest BCUT2D eigenvalue weighted by molar-refractivity contribution is 5.39. The molecule has 88 valence electrons. The van der Waals surface area contributed by atoms with Gasteiger partial charge in [-0.3, -0.25) is 4.79 Å². The van der Waals surface area contributed by atoms with Gasteiger partial charge in [-0.25, -0.2) is 0 Å². The fourth-order valence-corrected chi connectivity index (χ4v) is 1.51. The smallest absolute Gasteiger partial charge is 0.277 e. The summed E-state index contributed by atoms with van der Waals surface area (Å²) >= 11 is 0. The quantitative estimate of drug-likeness (QED) is 0.844. The van der Waals surface area contributed by atoms with Gasteiger partial charge in [0.1, 0.15) is 12.1 Å². The molecular weight excluding hydrogens is 218 g/mol. The molecule has 0 aliphatic carbocycles. The first kappa shape index (κ1) is 11.3. The Balaban J connectivity index is 2.48. The van der Waals surface area contributed by atoms with Crippen molar-refractivity contribution >= 4 is 0 Å². The van der Waals surface area contributed by atoms with Gasteiger partial charge in [-0.2, -0.15) is 4.98 Å². The minimum absolute atomic E-state index is 0.177. The van der Waals surface area contributed by atoms with E-state index in [1.54, 1.807) is 17.9 Å². The molecule has 5 heteroatoms. The summed E-state index contributed by atoms with van der Waals surface area (Å²) in [7, 11) is 1.61. The van der Waals surface area contributed by atoms with Gasteiger partial charge in [-0.15, -0.1) is 0 Å². The summed E-state index contributed by atoms with van der Waals surface area (Å²) in [6, 6.07) is 7.47. The van der Waals surface area contributed by atoms with Crippen molar-refractivity contribution in [2.24, 2.45) is 5.73 Å². The van der Waals surface area contributed by atoms with Crippen molar-refractivity contribution in [3.63, 3.8) is 0 Å². The van der Waals surface area contributed by atoms with Crippen LogP contribution >= 0.6 is 0 Å². The topological polar surface area (TPSA) is 70.1 Å². The number of rotatable bonds is 3. The Morgan fingerprint density at radius 2 is 2.29 bits per heavy atom. The van der Waals surface area contributed by atoms with E-state index in [-0.39, 0.29) is 12.1 Å². The number of hydrogen-bond acceptors (Lipinski definition) is 4. The zero-order chi connectivity index (χ0) is 12.3. The first-order valence-corrected chi connectivity index (χ1v) is 5.16. The lowest BCUT2D eigenvalue weighted by molar-refractivity contribution is 0.414. The number of benzene rings is 1. The van der Waals surface area contributed by atoms with Crippen LogP contribution in [0.4, 0.5) is 0 Å². The van der Waals surface area contributed by atoms with Gasteiger partial charge in [0.05, 0.1) is 12.8 Å². The SMILES string of the molecule is COc1cccc(-n2cnc(=O)c(CN)c2)c1. The van der Waals surface area contributed by atoms with Crippen molar-refractivity contribution in [2.75, 3.05) is 7.11 Å². The Morgan fingerprint density at radius 1 is 1.47 bits per heavy atom. The van der Waals surface area contributed by atoms with Gasteiger partial charge >= 0.3 is 0 Å². The van der Waals surface area contributed by atoms with Gasteiger partial charge < -0.3 is 15.0 Å². The largest absolute Gasteiger partial charge is 0.497 e. The second kappa shape index (κ2) is 4.80. The lowest BCUT2D eigenvalue weighted by atomic mass is 10.3. The average molecular weight is 231 g/mol. The van der Waals surface area contributed by atoms with Crippen molar-refractivity contribution in [1.29, 1.82) is 0 Å². The highest BCUT2D eigenvalue weighted by Crippen LogP contribution is 2.15. The molecule has 2 aromatic rings. The second-order valence-electron chi connectivity index (χ2n) is 3.52. The number of aromatic nitrogens is 2. The molecule has 0 saturated carbocycles. The van der Waals surface area contributed by atoms with E-state index in [1.165, 1.54) is 6.33 Å². The van der Waals surface area contributed by atoms with Crippen molar-refractivity contribution in [2.45, 2.75) is 6.54 Å². The van der Waals surface area contributed by atoms with Crippen molar-refractivity contribution < 1.29 is 4.74 Å². The normalized spacial score (nSPS) is 10.2. The van der Waals surface area contributed by atoms with Gasteiger partial charge in [-0.1, -0.05) is 6.07 Å². The molecule has 2 rings (SSSR count). The fraction of sp³-hybridized carbons (Fsp3) is 0.167. The van der Waals surface area contributed by atoms with Crippen molar-refractivity contribution in [1.82, 2.24) is 9.55 Å². The molecule has 5 nitrogen and oxygen atoms in total. The molecule has 1 aromatic carbocycles. The molecule has 0 radical (unpaired) electrons.